The van der Waals surface area contributed by atoms with Gasteiger partial charge in [-0.05, 0) is 56.0 Å². The Hall–Kier alpha value is -2.08. The van der Waals surface area contributed by atoms with E-state index in [1.807, 2.05) is 0 Å². The van der Waals surface area contributed by atoms with E-state index in [4.69, 9.17) is 28.4 Å². The van der Waals surface area contributed by atoms with Crippen molar-refractivity contribution >= 4 is 11.8 Å². The fraction of sp³-hybridized carbons (Fsp3) is 0.771. The summed E-state index contributed by atoms with van der Waals surface area (Å²) in [6.45, 7) is 5.86. The quantitative estimate of drug-likeness (QED) is 0.307. The highest BCUT2D eigenvalue weighted by atomic mass is 16.6. The Morgan fingerprint density at radius 1 is 0.978 bits per heavy atom. The van der Waals surface area contributed by atoms with Crippen LogP contribution in [0.15, 0.2) is 24.3 Å². The van der Waals surface area contributed by atoms with Crippen LogP contribution >= 0.6 is 0 Å². The van der Waals surface area contributed by atoms with Crippen molar-refractivity contribution in [3.8, 4) is 5.75 Å². The van der Waals surface area contributed by atoms with Crippen LogP contribution in [-0.2, 0) is 28.5 Å². The van der Waals surface area contributed by atoms with Gasteiger partial charge in [0.2, 0.25) is 0 Å². The molecule has 7 bridgehead atoms. The number of aliphatic hydroxyl groups is 1. The van der Waals surface area contributed by atoms with Gasteiger partial charge in [0.15, 0.2) is 5.78 Å². The molecule has 6 fully saturated rings. The number of methoxy groups -OCH3 is 5. The van der Waals surface area contributed by atoms with Gasteiger partial charge in [0.1, 0.15) is 17.0 Å². The first-order chi connectivity index (χ1) is 21.6. The minimum absolute atomic E-state index is 0.0227. The van der Waals surface area contributed by atoms with Crippen molar-refractivity contribution in [1.82, 2.24) is 4.90 Å². The monoisotopic (exact) mass is 627 g/mol. The van der Waals surface area contributed by atoms with Crippen LogP contribution < -0.4 is 4.74 Å². The van der Waals surface area contributed by atoms with Crippen LogP contribution in [0.5, 0.6) is 5.75 Å². The minimum atomic E-state index is -1.46. The molecule has 0 radical (unpaired) electrons. The number of fused-ring (bicyclic) bond motifs is 2. The SMILES string of the molecule is CCN1C[C@]2(COC)CC[C@H](OC)C34C1C([C@H](OC)[C@H]32)[C@@]1(OC(C)=O)C[C@H](OC)[C@@]2(O)C[C@H]4[C@@H]1[C@@H]2C(=O)c1ccc(OC)cc1. The van der Waals surface area contributed by atoms with Gasteiger partial charge in [-0.3, -0.25) is 14.5 Å². The van der Waals surface area contributed by atoms with Crippen molar-refractivity contribution in [2.45, 2.75) is 75.1 Å². The maximum Gasteiger partial charge on any atom is 0.303 e. The molecule has 5 saturated carbocycles. The molecule has 1 N–H and O–H groups in total. The molecule has 1 saturated heterocycles. The third-order valence-corrected chi connectivity index (χ3v) is 13.5. The van der Waals surface area contributed by atoms with Crippen LogP contribution in [0, 0.1) is 40.4 Å². The predicted octanol–water partition coefficient (Wildman–Crippen LogP) is 2.99. The molecular formula is C35H49NO9. The standard InChI is InChI=1S/C35H49NO9/c1-8-36-17-32(18-40-3)14-13-23(42-5)35-22-15-33(39)24(43-6)16-34(45-19(2)37,27(31(35)36)29(44-7)30(32)35)25(22)26(33)28(38)20-9-11-21(41-4)12-10-20/h9-12,22-27,29-31,39H,8,13-18H2,1-7H3/t22-,23-,24-,25+,26+,27?,29-,30-,31?,32-,33-,34+,35?/m0/s1. The molecule has 3 unspecified atom stereocenters. The number of nitrogens with zero attached hydrogens (tertiary/aromatic N) is 1. The topological polar surface area (TPSA) is 113 Å². The first kappa shape index (κ1) is 31.5. The van der Waals surface area contributed by atoms with Gasteiger partial charge in [-0.15, -0.1) is 0 Å². The molecule has 5 aliphatic carbocycles. The van der Waals surface area contributed by atoms with E-state index in [9.17, 15) is 14.7 Å². The summed E-state index contributed by atoms with van der Waals surface area (Å²) in [5, 5.41) is 12.9. The number of carbonyl (C=O) groups is 2. The number of hydrogen-bond acceptors (Lipinski definition) is 10. The highest BCUT2D eigenvalue weighted by molar-refractivity contribution is 5.99. The predicted molar refractivity (Wildman–Crippen MR) is 163 cm³/mol. The van der Waals surface area contributed by atoms with Gasteiger partial charge in [-0.1, -0.05) is 6.92 Å². The van der Waals surface area contributed by atoms with E-state index in [0.29, 0.717) is 30.8 Å². The third kappa shape index (κ3) is 3.72. The summed E-state index contributed by atoms with van der Waals surface area (Å²) in [6.07, 6.45) is 1.28. The molecule has 248 valence electrons. The van der Waals surface area contributed by atoms with Crippen LogP contribution in [0.1, 0.15) is 49.9 Å². The van der Waals surface area contributed by atoms with Gasteiger partial charge >= 0.3 is 5.97 Å². The Labute approximate surface area is 266 Å². The average molecular weight is 628 g/mol. The third-order valence-electron chi connectivity index (χ3n) is 13.5. The molecule has 6 aliphatic rings. The zero-order valence-electron chi connectivity index (χ0n) is 27.6. The van der Waals surface area contributed by atoms with Gasteiger partial charge in [-0.25, -0.2) is 0 Å². The zero-order valence-corrected chi connectivity index (χ0v) is 27.6. The van der Waals surface area contributed by atoms with Gasteiger partial charge in [0, 0.05) is 88.5 Å². The van der Waals surface area contributed by atoms with Crippen LogP contribution in [-0.4, -0.2) is 113 Å². The number of esters is 1. The lowest BCUT2D eigenvalue weighted by molar-refractivity contribution is -0.277. The summed E-state index contributed by atoms with van der Waals surface area (Å²) in [7, 11) is 8.52. The van der Waals surface area contributed by atoms with Crippen LogP contribution in [0.4, 0.5) is 0 Å². The molecule has 1 aromatic rings. The molecule has 0 amide bonds. The van der Waals surface area contributed by atoms with E-state index >= 15 is 0 Å². The number of Topliss-reactive ketones (excluding diaryl/α,β-unsaturated/α-hetero) is 1. The second kappa shape index (κ2) is 10.7. The highest BCUT2D eigenvalue weighted by Crippen LogP contribution is 2.81. The van der Waals surface area contributed by atoms with Crippen molar-refractivity contribution in [1.29, 1.82) is 0 Å². The number of rotatable bonds is 10. The highest BCUT2D eigenvalue weighted by Gasteiger charge is 2.89. The first-order valence-corrected chi connectivity index (χ1v) is 16.5. The Morgan fingerprint density at radius 2 is 1.69 bits per heavy atom. The maximum atomic E-state index is 14.8. The molecule has 13 atom stereocenters. The lowest BCUT2D eigenvalue weighted by Gasteiger charge is -2.69. The molecular weight excluding hydrogens is 578 g/mol. The number of benzene rings is 1. The molecule has 1 heterocycles. The van der Waals surface area contributed by atoms with Gasteiger partial charge < -0.3 is 33.5 Å². The minimum Gasteiger partial charge on any atom is -0.497 e. The van der Waals surface area contributed by atoms with E-state index in [0.717, 1.165) is 25.9 Å². The Bertz CT molecular complexity index is 1340. The second-order valence-electron chi connectivity index (χ2n) is 14.6. The van der Waals surface area contributed by atoms with Crippen molar-refractivity contribution < 1.29 is 43.1 Å². The average Bonchev–Trinajstić information content (AvgIpc) is 3.43. The Morgan fingerprint density at radius 3 is 2.27 bits per heavy atom. The van der Waals surface area contributed by atoms with E-state index in [2.05, 4.69) is 11.8 Å². The number of hydrogen-bond donors (Lipinski definition) is 1. The summed E-state index contributed by atoms with van der Waals surface area (Å²) < 4.78 is 37.3. The zero-order chi connectivity index (χ0) is 32.1. The number of likely N-dealkylation sites (tertiary alicyclic amines) is 1. The largest absolute Gasteiger partial charge is 0.497 e. The summed E-state index contributed by atoms with van der Waals surface area (Å²) in [5.74, 6) is -1.66. The van der Waals surface area contributed by atoms with E-state index in [-0.39, 0.29) is 47.2 Å². The molecule has 1 aliphatic heterocycles. The van der Waals surface area contributed by atoms with Crippen molar-refractivity contribution in [3.63, 3.8) is 0 Å². The fourth-order valence-electron chi connectivity index (χ4n) is 12.7. The smallest absolute Gasteiger partial charge is 0.303 e. The Balaban J connectivity index is 1.52. The molecule has 7 rings (SSSR count). The van der Waals surface area contributed by atoms with Crippen LogP contribution in [0.2, 0.25) is 0 Å². The van der Waals surface area contributed by atoms with Gasteiger partial charge in [-0.2, -0.15) is 0 Å². The van der Waals surface area contributed by atoms with Crippen molar-refractivity contribution in [2.75, 3.05) is 55.2 Å². The molecule has 45 heavy (non-hydrogen) atoms. The molecule has 1 spiro atoms. The summed E-state index contributed by atoms with van der Waals surface area (Å²) in [6, 6.07) is 7.02. The van der Waals surface area contributed by atoms with Gasteiger partial charge in [0.25, 0.3) is 0 Å². The number of carbonyl (C=O) groups excluding carboxylic acids is 2. The summed E-state index contributed by atoms with van der Waals surface area (Å²) in [4.78, 5) is 30.7. The van der Waals surface area contributed by atoms with E-state index in [1.165, 1.54) is 6.92 Å². The normalized spacial score (nSPS) is 47.4. The van der Waals surface area contributed by atoms with Crippen molar-refractivity contribution in [3.05, 3.63) is 29.8 Å². The fourth-order valence-corrected chi connectivity index (χ4v) is 12.7. The lowest BCUT2D eigenvalue weighted by Crippen LogP contribution is -2.77. The number of ether oxygens (including phenoxy) is 6. The Kier molecular flexibility index (Phi) is 7.51. The second-order valence-corrected chi connectivity index (χ2v) is 14.6. The molecule has 1 aromatic carbocycles. The van der Waals surface area contributed by atoms with E-state index in [1.54, 1.807) is 59.8 Å². The van der Waals surface area contributed by atoms with Crippen LogP contribution in [0.3, 0.4) is 0 Å². The summed E-state index contributed by atoms with van der Waals surface area (Å²) >= 11 is 0. The molecule has 10 nitrogen and oxygen atoms in total. The number of piperidine rings is 1. The summed E-state index contributed by atoms with van der Waals surface area (Å²) in [5.41, 5.74) is -2.76. The van der Waals surface area contributed by atoms with Gasteiger partial charge in [0.05, 0.1) is 37.9 Å². The number of ketones is 1. The van der Waals surface area contributed by atoms with E-state index < -0.39 is 40.5 Å². The first-order valence-electron chi connectivity index (χ1n) is 16.5. The van der Waals surface area contributed by atoms with Crippen LogP contribution in [0.25, 0.3) is 0 Å². The van der Waals surface area contributed by atoms with Crippen molar-refractivity contribution in [2.24, 2.45) is 40.4 Å². The maximum absolute atomic E-state index is 14.8. The lowest BCUT2D eigenvalue weighted by atomic mass is 9.42. The molecule has 0 aromatic heterocycles. The molecule has 10 heteroatoms.